The number of nitrogens with one attached hydrogen (secondary N) is 1. The van der Waals surface area contributed by atoms with Gasteiger partial charge in [-0.1, -0.05) is 38.5 Å². The molecule has 0 fully saturated rings. The molecule has 0 bridgehead atoms. The quantitative estimate of drug-likeness (QED) is 0.829. The molecule has 94 valence electrons. The fraction of sp³-hybridized carbons (Fsp3) is 0.625. The molecule has 1 aromatic carbocycles. The van der Waals surface area contributed by atoms with Crippen molar-refractivity contribution in [3.63, 3.8) is 0 Å². The maximum Gasteiger partial charge on any atom is 0.0343 e. The molecule has 0 saturated heterocycles. The molecule has 2 rings (SSSR count). The second-order valence-electron chi connectivity index (χ2n) is 5.39. The molecule has 0 amide bonds. The summed E-state index contributed by atoms with van der Waals surface area (Å²) >= 11 is 0. The SMILES string of the molecule is CCC(C)C(NC)c1ccc2c(c1)CCCC2. The monoisotopic (exact) mass is 231 g/mol. The van der Waals surface area contributed by atoms with Crippen LogP contribution in [-0.2, 0) is 12.8 Å². The predicted octanol–water partition coefficient (Wildman–Crippen LogP) is 3.87. The molecule has 17 heavy (non-hydrogen) atoms. The van der Waals surface area contributed by atoms with Gasteiger partial charge in [-0.05, 0) is 55.3 Å². The van der Waals surface area contributed by atoms with Gasteiger partial charge in [-0.15, -0.1) is 0 Å². The van der Waals surface area contributed by atoms with E-state index in [1.54, 1.807) is 11.1 Å². The van der Waals surface area contributed by atoms with Gasteiger partial charge in [0.15, 0.2) is 0 Å². The normalized spacial score (nSPS) is 18.5. The van der Waals surface area contributed by atoms with E-state index in [2.05, 4.69) is 44.4 Å². The highest BCUT2D eigenvalue weighted by molar-refractivity contribution is 5.35. The number of benzene rings is 1. The van der Waals surface area contributed by atoms with Gasteiger partial charge in [-0.25, -0.2) is 0 Å². The van der Waals surface area contributed by atoms with Crippen molar-refractivity contribution in [2.45, 2.75) is 52.0 Å². The summed E-state index contributed by atoms with van der Waals surface area (Å²) in [6.45, 7) is 4.61. The van der Waals surface area contributed by atoms with Gasteiger partial charge >= 0.3 is 0 Å². The molecular weight excluding hydrogens is 206 g/mol. The maximum atomic E-state index is 3.48. The van der Waals surface area contributed by atoms with Crippen LogP contribution in [-0.4, -0.2) is 7.05 Å². The molecule has 0 saturated carbocycles. The largest absolute Gasteiger partial charge is 0.313 e. The topological polar surface area (TPSA) is 12.0 Å². The Balaban J connectivity index is 2.25. The van der Waals surface area contributed by atoms with E-state index in [1.807, 2.05) is 0 Å². The molecule has 1 aliphatic carbocycles. The molecule has 2 unspecified atom stereocenters. The van der Waals surface area contributed by atoms with Crippen molar-refractivity contribution in [1.82, 2.24) is 5.32 Å². The molecule has 0 heterocycles. The first kappa shape index (κ1) is 12.6. The van der Waals surface area contributed by atoms with E-state index in [-0.39, 0.29) is 0 Å². The Morgan fingerprint density at radius 1 is 1.18 bits per heavy atom. The molecule has 0 aliphatic heterocycles. The molecule has 1 aliphatic rings. The zero-order valence-electron chi connectivity index (χ0n) is 11.4. The van der Waals surface area contributed by atoms with Crippen LogP contribution in [0.15, 0.2) is 18.2 Å². The number of aryl methyl sites for hydroxylation is 2. The van der Waals surface area contributed by atoms with Crippen molar-refractivity contribution in [3.8, 4) is 0 Å². The Morgan fingerprint density at radius 3 is 2.53 bits per heavy atom. The van der Waals surface area contributed by atoms with Crippen molar-refractivity contribution >= 4 is 0 Å². The Morgan fingerprint density at radius 2 is 1.88 bits per heavy atom. The van der Waals surface area contributed by atoms with E-state index >= 15 is 0 Å². The van der Waals surface area contributed by atoms with Crippen molar-refractivity contribution in [2.24, 2.45) is 5.92 Å². The molecule has 0 spiro atoms. The summed E-state index contributed by atoms with van der Waals surface area (Å²) in [6.07, 6.45) is 6.52. The minimum atomic E-state index is 0.507. The van der Waals surface area contributed by atoms with Crippen LogP contribution in [0.25, 0.3) is 0 Å². The second-order valence-corrected chi connectivity index (χ2v) is 5.39. The lowest BCUT2D eigenvalue weighted by Gasteiger charge is -2.25. The van der Waals surface area contributed by atoms with Crippen LogP contribution in [0.5, 0.6) is 0 Å². The fourth-order valence-corrected chi connectivity index (χ4v) is 2.96. The zero-order chi connectivity index (χ0) is 12.3. The van der Waals surface area contributed by atoms with Crippen molar-refractivity contribution < 1.29 is 0 Å². The number of fused-ring (bicyclic) bond motifs is 1. The summed E-state index contributed by atoms with van der Waals surface area (Å²) in [7, 11) is 2.08. The van der Waals surface area contributed by atoms with Gasteiger partial charge in [0.2, 0.25) is 0 Å². The van der Waals surface area contributed by atoms with Crippen molar-refractivity contribution in [3.05, 3.63) is 34.9 Å². The third kappa shape index (κ3) is 2.71. The summed E-state index contributed by atoms with van der Waals surface area (Å²) < 4.78 is 0. The first-order chi connectivity index (χ1) is 8.26. The third-order valence-corrected chi connectivity index (χ3v) is 4.26. The molecule has 0 radical (unpaired) electrons. The Hall–Kier alpha value is -0.820. The number of hydrogen-bond donors (Lipinski definition) is 1. The lowest BCUT2D eigenvalue weighted by Crippen LogP contribution is -2.23. The van der Waals surface area contributed by atoms with Gasteiger partial charge in [-0.2, -0.15) is 0 Å². The standard InChI is InChI=1S/C16H25N/c1-4-12(2)16(17-3)15-10-9-13-7-5-6-8-14(13)11-15/h9-12,16-17H,4-8H2,1-3H3. The lowest BCUT2D eigenvalue weighted by atomic mass is 9.86. The highest BCUT2D eigenvalue weighted by Crippen LogP contribution is 2.28. The van der Waals surface area contributed by atoms with E-state index in [1.165, 1.54) is 37.7 Å². The summed E-state index contributed by atoms with van der Waals surface area (Å²) in [4.78, 5) is 0. The van der Waals surface area contributed by atoms with Crippen LogP contribution < -0.4 is 5.32 Å². The van der Waals surface area contributed by atoms with Gasteiger partial charge in [0.05, 0.1) is 0 Å². The first-order valence-electron chi connectivity index (χ1n) is 7.05. The molecule has 0 aromatic heterocycles. The second kappa shape index (κ2) is 5.68. The molecular formula is C16H25N. The van der Waals surface area contributed by atoms with E-state index in [4.69, 9.17) is 0 Å². The summed E-state index contributed by atoms with van der Waals surface area (Å²) in [5.74, 6) is 0.696. The van der Waals surface area contributed by atoms with Crippen LogP contribution in [0.1, 0.15) is 55.8 Å². The Bertz CT molecular complexity index is 370. The number of rotatable bonds is 4. The third-order valence-electron chi connectivity index (χ3n) is 4.26. The van der Waals surface area contributed by atoms with Crippen molar-refractivity contribution in [2.75, 3.05) is 7.05 Å². The van der Waals surface area contributed by atoms with E-state index in [0.29, 0.717) is 12.0 Å². The highest BCUT2D eigenvalue weighted by atomic mass is 14.9. The Kier molecular flexibility index (Phi) is 4.22. The smallest absolute Gasteiger partial charge is 0.0343 e. The van der Waals surface area contributed by atoms with Crippen molar-refractivity contribution in [1.29, 1.82) is 0 Å². The predicted molar refractivity (Wildman–Crippen MR) is 74.3 cm³/mol. The molecule has 1 aromatic rings. The van der Waals surface area contributed by atoms with Crippen LogP contribution in [0.4, 0.5) is 0 Å². The Labute approximate surface area is 106 Å². The summed E-state index contributed by atoms with van der Waals surface area (Å²) in [5, 5.41) is 3.48. The van der Waals surface area contributed by atoms with Gasteiger partial charge in [0.1, 0.15) is 0 Å². The first-order valence-corrected chi connectivity index (χ1v) is 7.05. The molecule has 1 nitrogen and oxygen atoms in total. The lowest BCUT2D eigenvalue weighted by molar-refractivity contribution is 0.400. The van der Waals surface area contributed by atoms with E-state index in [9.17, 15) is 0 Å². The minimum Gasteiger partial charge on any atom is -0.313 e. The maximum absolute atomic E-state index is 3.48. The minimum absolute atomic E-state index is 0.507. The van der Waals surface area contributed by atoms with E-state index < -0.39 is 0 Å². The molecule has 1 heteroatoms. The van der Waals surface area contributed by atoms with Gasteiger partial charge < -0.3 is 5.32 Å². The fourth-order valence-electron chi connectivity index (χ4n) is 2.96. The van der Waals surface area contributed by atoms with Crippen LogP contribution in [0.3, 0.4) is 0 Å². The molecule has 1 N–H and O–H groups in total. The number of hydrogen-bond acceptors (Lipinski definition) is 1. The highest BCUT2D eigenvalue weighted by Gasteiger charge is 2.18. The average Bonchev–Trinajstić information content (AvgIpc) is 2.39. The van der Waals surface area contributed by atoms with Crippen LogP contribution in [0.2, 0.25) is 0 Å². The summed E-state index contributed by atoms with van der Waals surface area (Å²) in [5.41, 5.74) is 4.65. The van der Waals surface area contributed by atoms with Crippen LogP contribution >= 0.6 is 0 Å². The molecule has 2 atom stereocenters. The van der Waals surface area contributed by atoms with E-state index in [0.717, 1.165) is 0 Å². The summed E-state index contributed by atoms with van der Waals surface area (Å²) in [6, 6.07) is 7.64. The average molecular weight is 231 g/mol. The zero-order valence-corrected chi connectivity index (χ0v) is 11.4. The van der Waals surface area contributed by atoms with Gasteiger partial charge in [-0.3, -0.25) is 0 Å². The van der Waals surface area contributed by atoms with Crippen LogP contribution in [0, 0.1) is 5.92 Å². The van der Waals surface area contributed by atoms with Gasteiger partial charge in [0.25, 0.3) is 0 Å². The van der Waals surface area contributed by atoms with Gasteiger partial charge in [0, 0.05) is 6.04 Å².